The van der Waals surface area contributed by atoms with Crippen LogP contribution in [-0.2, 0) is 0 Å². The topological polar surface area (TPSA) is 77.9 Å². The standard InChI is InChI=1S/C14H16N4O3/c1-19-11-5-4-10(12(6-11)20-2)8-17-18-13-7-14(21-3)16-9-15-13/h4-9H,1-3H3,(H,15,16,18)/b17-8-. The lowest BCUT2D eigenvalue weighted by Gasteiger charge is -2.07. The molecular formula is C14H16N4O3. The Morgan fingerprint density at radius 3 is 2.62 bits per heavy atom. The molecule has 1 heterocycles. The Morgan fingerprint density at radius 1 is 1.05 bits per heavy atom. The van der Waals surface area contributed by atoms with Crippen molar-refractivity contribution in [3.8, 4) is 17.4 Å². The first kappa shape index (κ1) is 14.6. The Hall–Kier alpha value is -2.83. The average molecular weight is 288 g/mol. The van der Waals surface area contributed by atoms with Crippen LogP contribution >= 0.6 is 0 Å². The Balaban J connectivity index is 2.10. The van der Waals surface area contributed by atoms with Crippen LogP contribution in [0.1, 0.15) is 5.56 Å². The zero-order chi connectivity index (χ0) is 15.1. The van der Waals surface area contributed by atoms with Gasteiger partial charge in [0, 0.05) is 17.7 Å². The summed E-state index contributed by atoms with van der Waals surface area (Å²) < 4.78 is 15.4. The van der Waals surface area contributed by atoms with Crippen molar-refractivity contribution in [1.29, 1.82) is 0 Å². The average Bonchev–Trinajstić information content (AvgIpc) is 2.55. The van der Waals surface area contributed by atoms with E-state index in [1.807, 2.05) is 12.1 Å². The fourth-order valence-corrected chi connectivity index (χ4v) is 1.61. The molecule has 0 saturated heterocycles. The van der Waals surface area contributed by atoms with Gasteiger partial charge in [0.05, 0.1) is 27.5 Å². The third-order valence-corrected chi connectivity index (χ3v) is 2.67. The van der Waals surface area contributed by atoms with Gasteiger partial charge >= 0.3 is 0 Å². The van der Waals surface area contributed by atoms with E-state index in [1.54, 1.807) is 32.6 Å². The molecule has 110 valence electrons. The van der Waals surface area contributed by atoms with Gasteiger partial charge in [-0.2, -0.15) is 5.10 Å². The Bertz CT molecular complexity index is 631. The molecule has 0 atom stereocenters. The Morgan fingerprint density at radius 2 is 1.90 bits per heavy atom. The van der Waals surface area contributed by atoms with Gasteiger partial charge in [-0.25, -0.2) is 9.97 Å². The molecule has 0 unspecified atom stereocenters. The summed E-state index contributed by atoms with van der Waals surface area (Å²) in [6.07, 6.45) is 3.03. The smallest absolute Gasteiger partial charge is 0.218 e. The molecule has 7 heteroatoms. The van der Waals surface area contributed by atoms with E-state index in [-0.39, 0.29) is 0 Å². The predicted octanol–water partition coefficient (Wildman–Crippen LogP) is 1.95. The lowest BCUT2D eigenvalue weighted by atomic mass is 10.2. The first-order valence-corrected chi connectivity index (χ1v) is 6.14. The highest BCUT2D eigenvalue weighted by molar-refractivity contribution is 5.84. The van der Waals surface area contributed by atoms with E-state index in [4.69, 9.17) is 14.2 Å². The van der Waals surface area contributed by atoms with E-state index in [0.717, 1.165) is 11.3 Å². The van der Waals surface area contributed by atoms with E-state index in [1.165, 1.54) is 13.4 Å². The van der Waals surface area contributed by atoms with Crippen LogP contribution < -0.4 is 19.6 Å². The molecule has 0 amide bonds. The number of nitrogens with one attached hydrogen (secondary N) is 1. The monoisotopic (exact) mass is 288 g/mol. The SMILES string of the molecule is COc1ccc(/C=N\Nc2cc(OC)ncn2)c(OC)c1. The zero-order valence-corrected chi connectivity index (χ0v) is 12.0. The fraction of sp³-hybridized carbons (Fsp3) is 0.214. The van der Waals surface area contributed by atoms with Crippen molar-refractivity contribution in [1.82, 2.24) is 9.97 Å². The van der Waals surface area contributed by atoms with Gasteiger partial charge < -0.3 is 14.2 Å². The maximum atomic E-state index is 5.28. The molecule has 2 rings (SSSR count). The molecule has 0 radical (unpaired) electrons. The number of benzene rings is 1. The fourth-order valence-electron chi connectivity index (χ4n) is 1.61. The molecular weight excluding hydrogens is 272 g/mol. The highest BCUT2D eigenvalue weighted by atomic mass is 16.5. The lowest BCUT2D eigenvalue weighted by molar-refractivity contribution is 0.394. The van der Waals surface area contributed by atoms with Gasteiger partial charge in [-0.1, -0.05) is 0 Å². The molecule has 0 saturated carbocycles. The second kappa shape index (κ2) is 7.09. The summed E-state index contributed by atoms with van der Waals surface area (Å²) in [5.74, 6) is 2.38. The first-order chi connectivity index (χ1) is 10.3. The van der Waals surface area contributed by atoms with Crippen molar-refractivity contribution in [3.05, 3.63) is 36.2 Å². The van der Waals surface area contributed by atoms with Crippen molar-refractivity contribution in [2.75, 3.05) is 26.8 Å². The van der Waals surface area contributed by atoms with E-state index < -0.39 is 0 Å². The minimum absolute atomic E-state index is 0.463. The van der Waals surface area contributed by atoms with Crippen LogP contribution in [0.15, 0.2) is 35.7 Å². The van der Waals surface area contributed by atoms with Gasteiger partial charge in [0.25, 0.3) is 0 Å². The summed E-state index contributed by atoms with van der Waals surface area (Å²) in [6, 6.07) is 7.11. The van der Waals surface area contributed by atoms with Crippen LogP contribution in [0.25, 0.3) is 0 Å². The summed E-state index contributed by atoms with van der Waals surface area (Å²) >= 11 is 0. The summed E-state index contributed by atoms with van der Waals surface area (Å²) in [5, 5.41) is 4.11. The molecule has 7 nitrogen and oxygen atoms in total. The summed E-state index contributed by atoms with van der Waals surface area (Å²) in [5.41, 5.74) is 3.61. The summed E-state index contributed by atoms with van der Waals surface area (Å²) in [4.78, 5) is 7.93. The molecule has 0 aliphatic heterocycles. The molecule has 0 aliphatic carbocycles. The summed E-state index contributed by atoms with van der Waals surface area (Å²) in [6.45, 7) is 0. The number of rotatable bonds is 6. The number of ether oxygens (including phenoxy) is 3. The number of hydrazone groups is 1. The number of methoxy groups -OCH3 is 3. The van der Waals surface area contributed by atoms with Gasteiger partial charge in [0.15, 0.2) is 5.82 Å². The molecule has 21 heavy (non-hydrogen) atoms. The molecule has 1 aromatic heterocycles. The van der Waals surface area contributed by atoms with E-state index >= 15 is 0 Å². The predicted molar refractivity (Wildman–Crippen MR) is 79.3 cm³/mol. The number of aromatic nitrogens is 2. The van der Waals surface area contributed by atoms with Crippen LogP contribution in [0, 0.1) is 0 Å². The second-order valence-corrected chi connectivity index (χ2v) is 3.92. The summed E-state index contributed by atoms with van der Waals surface area (Å²) in [7, 11) is 4.74. The minimum Gasteiger partial charge on any atom is -0.497 e. The van der Waals surface area contributed by atoms with Gasteiger partial charge in [0.1, 0.15) is 17.8 Å². The van der Waals surface area contributed by atoms with Gasteiger partial charge in [-0.15, -0.1) is 0 Å². The largest absolute Gasteiger partial charge is 0.497 e. The third-order valence-electron chi connectivity index (χ3n) is 2.67. The van der Waals surface area contributed by atoms with Crippen molar-refractivity contribution in [2.24, 2.45) is 5.10 Å². The van der Waals surface area contributed by atoms with Gasteiger partial charge in [-0.3, -0.25) is 5.43 Å². The van der Waals surface area contributed by atoms with Gasteiger partial charge in [0.2, 0.25) is 5.88 Å². The Labute approximate surface area is 122 Å². The third kappa shape index (κ3) is 3.82. The molecule has 1 aromatic carbocycles. The lowest BCUT2D eigenvalue weighted by Crippen LogP contribution is -1.97. The van der Waals surface area contributed by atoms with Crippen molar-refractivity contribution < 1.29 is 14.2 Å². The number of hydrogen-bond donors (Lipinski definition) is 1. The number of anilines is 1. The van der Waals surface area contributed by atoms with Crippen LogP contribution in [0.4, 0.5) is 5.82 Å². The Kier molecular flexibility index (Phi) is 4.92. The molecule has 1 N–H and O–H groups in total. The maximum Gasteiger partial charge on any atom is 0.218 e. The van der Waals surface area contributed by atoms with Crippen LogP contribution in [0.3, 0.4) is 0 Å². The van der Waals surface area contributed by atoms with Crippen LogP contribution in [0.2, 0.25) is 0 Å². The van der Waals surface area contributed by atoms with Crippen LogP contribution in [0.5, 0.6) is 17.4 Å². The quantitative estimate of drug-likeness (QED) is 0.646. The first-order valence-electron chi connectivity index (χ1n) is 6.14. The second-order valence-electron chi connectivity index (χ2n) is 3.92. The molecule has 0 bridgehead atoms. The number of nitrogens with zero attached hydrogens (tertiary/aromatic N) is 3. The molecule has 0 aliphatic rings. The van der Waals surface area contributed by atoms with Crippen molar-refractivity contribution in [3.63, 3.8) is 0 Å². The zero-order valence-electron chi connectivity index (χ0n) is 12.0. The number of hydrogen-bond acceptors (Lipinski definition) is 7. The van der Waals surface area contributed by atoms with E-state index in [9.17, 15) is 0 Å². The van der Waals surface area contributed by atoms with Crippen molar-refractivity contribution in [2.45, 2.75) is 0 Å². The minimum atomic E-state index is 0.463. The van der Waals surface area contributed by atoms with E-state index in [2.05, 4.69) is 20.5 Å². The van der Waals surface area contributed by atoms with Crippen LogP contribution in [-0.4, -0.2) is 37.5 Å². The van der Waals surface area contributed by atoms with Crippen molar-refractivity contribution >= 4 is 12.0 Å². The van der Waals surface area contributed by atoms with Gasteiger partial charge in [-0.05, 0) is 12.1 Å². The van der Waals surface area contributed by atoms with E-state index in [0.29, 0.717) is 17.4 Å². The highest BCUT2D eigenvalue weighted by Crippen LogP contribution is 2.23. The maximum absolute atomic E-state index is 5.28. The molecule has 0 fully saturated rings. The molecule has 0 spiro atoms. The normalized spacial score (nSPS) is 10.4. The highest BCUT2D eigenvalue weighted by Gasteiger charge is 2.02. The molecule has 2 aromatic rings.